The number of anilines is 1. The quantitative estimate of drug-likeness (QED) is 0.911. The Morgan fingerprint density at radius 3 is 2.80 bits per heavy atom. The van der Waals surface area contributed by atoms with Gasteiger partial charge in [-0.15, -0.1) is 0 Å². The molecule has 5 heteroatoms. The van der Waals surface area contributed by atoms with Crippen LogP contribution in [0.4, 0.5) is 5.69 Å². The summed E-state index contributed by atoms with van der Waals surface area (Å²) in [5.41, 5.74) is 2.90. The minimum Gasteiger partial charge on any atom is -0.378 e. The molecule has 25 heavy (non-hydrogen) atoms. The topological polar surface area (TPSA) is 54.5 Å². The van der Waals surface area contributed by atoms with Gasteiger partial charge in [-0.05, 0) is 36.0 Å². The van der Waals surface area contributed by atoms with Gasteiger partial charge in [0.25, 0.3) is 5.91 Å². The number of amides is 1. The first kappa shape index (κ1) is 16.1. The van der Waals surface area contributed by atoms with E-state index >= 15 is 0 Å². The molecule has 2 fully saturated rings. The third-order valence-electron chi connectivity index (χ3n) is 5.03. The highest BCUT2D eigenvalue weighted by molar-refractivity contribution is 5.93. The zero-order valence-corrected chi connectivity index (χ0v) is 14.2. The van der Waals surface area contributed by atoms with Crippen LogP contribution in [0.3, 0.4) is 0 Å². The highest BCUT2D eigenvalue weighted by atomic mass is 16.5. The Morgan fingerprint density at radius 1 is 1.20 bits per heavy atom. The van der Waals surface area contributed by atoms with E-state index in [4.69, 9.17) is 4.74 Å². The smallest absolute Gasteiger partial charge is 0.269 e. The second-order valence-electron chi connectivity index (χ2n) is 6.72. The number of pyridine rings is 1. The van der Waals surface area contributed by atoms with E-state index in [1.807, 2.05) is 18.2 Å². The fraction of sp³-hybridized carbons (Fsp3) is 0.400. The molecule has 1 saturated carbocycles. The third-order valence-corrected chi connectivity index (χ3v) is 5.03. The van der Waals surface area contributed by atoms with Gasteiger partial charge in [0.1, 0.15) is 5.69 Å². The molecule has 2 atom stereocenters. The zero-order chi connectivity index (χ0) is 17.1. The van der Waals surface area contributed by atoms with E-state index < -0.39 is 0 Å². The van der Waals surface area contributed by atoms with Crippen LogP contribution in [0.5, 0.6) is 0 Å². The monoisotopic (exact) mass is 337 g/mol. The van der Waals surface area contributed by atoms with Crippen LogP contribution in [0.1, 0.15) is 28.4 Å². The summed E-state index contributed by atoms with van der Waals surface area (Å²) in [4.78, 5) is 18.9. The lowest BCUT2D eigenvalue weighted by Gasteiger charge is -2.28. The molecule has 0 unspecified atom stereocenters. The van der Waals surface area contributed by atoms with Crippen molar-refractivity contribution in [3.8, 4) is 0 Å². The SMILES string of the molecule is O=C(NC[C@@H]1C[C@@H]1c1ccccc1)c1cc(N2CCOCC2)ccn1. The predicted molar refractivity (Wildman–Crippen MR) is 96.9 cm³/mol. The molecule has 1 aliphatic carbocycles. The average Bonchev–Trinajstić information content (AvgIpc) is 3.47. The highest BCUT2D eigenvalue weighted by Gasteiger charge is 2.38. The fourth-order valence-electron chi connectivity index (χ4n) is 3.46. The molecule has 1 aromatic heterocycles. The predicted octanol–water partition coefficient (Wildman–Crippen LogP) is 2.45. The maximum absolute atomic E-state index is 12.4. The molecule has 0 spiro atoms. The summed E-state index contributed by atoms with van der Waals surface area (Å²) in [6.07, 6.45) is 2.86. The number of aromatic nitrogens is 1. The van der Waals surface area contributed by atoms with Gasteiger partial charge in [-0.25, -0.2) is 0 Å². The van der Waals surface area contributed by atoms with E-state index in [0.29, 0.717) is 24.1 Å². The van der Waals surface area contributed by atoms with Gasteiger partial charge in [0.15, 0.2) is 0 Å². The van der Waals surface area contributed by atoms with E-state index in [2.05, 4.69) is 39.5 Å². The van der Waals surface area contributed by atoms with E-state index in [0.717, 1.165) is 38.4 Å². The number of rotatable bonds is 5. The minimum absolute atomic E-state index is 0.0891. The molecule has 2 heterocycles. The van der Waals surface area contributed by atoms with E-state index in [9.17, 15) is 4.79 Å². The van der Waals surface area contributed by atoms with Gasteiger partial charge in [-0.1, -0.05) is 30.3 Å². The lowest BCUT2D eigenvalue weighted by atomic mass is 10.1. The van der Waals surface area contributed by atoms with Crippen molar-refractivity contribution in [2.24, 2.45) is 5.92 Å². The first-order valence-corrected chi connectivity index (χ1v) is 8.93. The van der Waals surface area contributed by atoms with Crippen molar-refractivity contribution >= 4 is 11.6 Å². The van der Waals surface area contributed by atoms with Crippen LogP contribution in [-0.2, 0) is 4.74 Å². The number of ether oxygens (including phenoxy) is 1. The molecule has 0 bridgehead atoms. The van der Waals surface area contributed by atoms with Crippen LogP contribution in [0.25, 0.3) is 0 Å². The summed E-state index contributed by atoms with van der Waals surface area (Å²) in [5.74, 6) is 1.02. The molecule has 130 valence electrons. The van der Waals surface area contributed by atoms with Crippen molar-refractivity contribution in [1.82, 2.24) is 10.3 Å². The normalized spacial score (nSPS) is 22.5. The maximum atomic E-state index is 12.4. The molecule has 5 nitrogen and oxygen atoms in total. The van der Waals surface area contributed by atoms with Gasteiger partial charge >= 0.3 is 0 Å². The number of nitrogens with one attached hydrogen (secondary N) is 1. The van der Waals surface area contributed by atoms with Crippen LogP contribution in [0.2, 0.25) is 0 Å². The Labute approximate surface area is 148 Å². The van der Waals surface area contributed by atoms with Crippen molar-refractivity contribution in [1.29, 1.82) is 0 Å². The number of carbonyl (C=O) groups is 1. The molecule has 2 aliphatic rings. The lowest BCUT2D eigenvalue weighted by molar-refractivity contribution is 0.0946. The number of benzene rings is 1. The van der Waals surface area contributed by atoms with E-state index in [1.165, 1.54) is 5.56 Å². The standard InChI is InChI=1S/C20H23N3O2/c24-20(22-14-16-12-18(16)15-4-2-1-3-5-15)19-13-17(6-7-21-19)23-8-10-25-11-9-23/h1-7,13,16,18H,8-12,14H2,(H,22,24)/t16-,18+/m0/s1. The van der Waals surface area contributed by atoms with E-state index in [1.54, 1.807) is 6.20 Å². The molecule has 1 saturated heterocycles. The average molecular weight is 337 g/mol. The molecule has 2 aromatic rings. The van der Waals surface area contributed by atoms with Gasteiger partial charge in [-0.3, -0.25) is 9.78 Å². The van der Waals surface area contributed by atoms with Crippen LogP contribution >= 0.6 is 0 Å². The molecule has 1 amide bonds. The summed E-state index contributed by atoms with van der Waals surface area (Å²) < 4.78 is 5.38. The molecule has 0 radical (unpaired) electrons. The fourth-order valence-corrected chi connectivity index (χ4v) is 3.46. The van der Waals surface area contributed by atoms with Crippen LogP contribution in [0, 0.1) is 5.92 Å². The Morgan fingerprint density at radius 2 is 2.00 bits per heavy atom. The van der Waals surface area contributed by atoms with Crippen molar-refractivity contribution in [3.05, 3.63) is 59.9 Å². The summed E-state index contributed by atoms with van der Waals surface area (Å²) >= 11 is 0. The van der Waals surface area contributed by atoms with Gasteiger partial charge in [0.2, 0.25) is 0 Å². The molecule has 1 aromatic carbocycles. The molecule has 1 aliphatic heterocycles. The number of hydrogen-bond donors (Lipinski definition) is 1. The second-order valence-corrected chi connectivity index (χ2v) is 6.72. The Hall–Kier alpha value is -2.40. The number of morpholine rings is 1. The third kappa shape index (κ3) is 3.82. The number of carbonyl (C=O) groups excluding carboxylic acids is 1. The highest BCUT2D eigenvalue weighted by Crippen LogP contribution is 2.46. The summed E-state index contributed by atoms with van der Waals surface area (Å²) in [6, 6.07) is 14.3. The largest absolute Gasteiger partial charge is 0.378 e. The van der Waals surface area contributed by atoms with Crippen molar-refractivity contribution in [2.75, 3.05) is 37.7 Å². The van der Waals surface area contributed by atoms with Crippen LogP contribution in [-0.4, -0.2) is 43.7 Å². The first-order chi connectivity index (χ1) is 12.3. The summed E-state index contributed by atoms with van der Waals surface area (Å²) in [7, 11) is 0. The number of hydrogen-bond acceptors (Lipinski definition) is 4. The molecular formula is C20H23N3O2. The first-order valence-electron chi connectivity index (χ1n) is 8.93. The maximum Gasteiger partial charge on any atom is 0.269 e. The molecular weight excluding hydrogens is 314 g/mol. The zero-order valence-electron chi connectivity index (χ0n) is 14.2. The van der Waals surface area contributed by atoms with Crippen LogP contribution in [0.15, 0.2) is 48.7 Å². The van der Waals surface area contributed by atoms with Gasteiger partial charge in [0.05, 0.1) is 13.2 Å². The van der Waals surface area contributed by atoms with E-state index in [-0.39, 0.29) is 5.91 Å². The van der Waals surface area contributed by atoms with Crippen molar-refractivity contribution in [2.45, 2.75) is 12.3 Å². The van der Waals surface area contributed by atoms with Crippen molar-refractivity contribution < 1.29 is 9.53 Å². The Kier molecular flexibility index (Phi) is 4.65. The van der Waals surface area contributed by atoms with Crippen LogP contribution < -0.4 is 10.2 Å². The lowest BCUT2D eigenvalue weighted by Crippen LogP contribution is -2.36. The minimum atomic E-state index is -0.0891. The molecule has 4 rings (SSSR count). The number of nitrogens with zero attached hydrogens (tertiary/aromatic N) is 2. The Balaban J connectivity index is 1.33. The second kappa shape index (κ2) is 7.23. The summed E-state index contributed by atoms with van der Waals surface area (Å²) in [5, 5.41) is 3.05. The van der Waals surface area contributed by atoms with Gasteiger partial charge < -0.3 is 15.0 Å². The van der Waals surface area contributed by atoms with Crippen molar-refractivity contribution in [3.63, 3.8) is 0 Å². The van der Waals surface area contributed by atoms with Gasteiger partial charge in [0, 0.05) is 31.5 Å². The summed E-state index contributed by atoms with van der Waals surface area (Å²) in [6.45, 7) is 3.87. The van der Waals surface area contributed by atoms with Gasteiger partial charge in [-0.2, -0.15) is 0 Å². The molecule has 1 N–H and O–H groups in total. The Bertz CT molecular complexity index is 729.